The van der Waals surface area contributed by atoms with Crippen molar-refractivity contribution in [2.24, 2.45) is 5.92 Å². The minimum atomic E-state index is -0.411. The van der Waals surface area contributed by atoms with Crippen LogP contribution in [-0.4, -0.2) is 6.54 Å². The molecule has 4 heteroatoms. The predicted octanol–water partition coefficient (Wildman–Crippen LogP) is 4.97. The van der Waals surface area contributed by atoms with E-state index in [1.807, 2.05) is 6.92 Å². The molecule has 0 bridgehead atoms. The average Bonchev–Trinajstić information content (AvgIpc) is 2.85. The summed E-state index contributed by atoms with van der Waals surface area (Å²) >= 11 is 12.1. The third-order valence-corrected chi connectivity index (χ3v) is 4.41. The zero-order chi connectivity index (χ0) is 13.1. The van der Waals surface area contributed by atoms with Crippen LogP contribution in [0.4, 0.5) is 4.39 Å². The van der Waals surface area contributed by atoms with Crippen molar-refractivity contribution in [1.29, 1.82) is 0 Å². The van der Waals surface area contributed by atoms with Gasteiger partial charge in [-0.05, 0) is 44.4 Å². The fraction of sp³-hybridized carbons (Fsp3) is 0.571. The molecule has 0 aromatic heterocycles. The van der Waals surface area contributed by atoms with E-state index in [0.717, 1.165) is 12.5 Å². The van der Waals surface area contributed by atoms with E-state index in [1.54, 1.807) is 6.07 Å². The Morgan fingerprint density at radius 3 is 2.67 bits per heavy atom. The molecule has 1 N–H and O–H groups in total. The lowest BCUT2D eigenvalue weighted by atomic mass is 10.1. The van der Waals surface area contributed by atoms with Gasteiger partial charge in [-0.2, -0.15) is 0 Å². The van der Waals surface area contributed by atoms with Crippen LogP contribution in [0, 0.1) is 11.7 Å². The monoisotopic (exact) mass is 289 g/mol. The number of hydrogen-bond donors (Lipinski definition) is 1. The zero-order valence-corrected chi connectivity index (χ0v) is 12.0. The third-order valence-electron chi connectivity index (χ3n) is 3.70. The van der Waals surface area contributed by atoms with Crippen LogP contribution in [0.3, 0.4) is 0 Å². The van der Waals surface area contributed by atoms with E-state index in [4.69, 9.17) is 23.2 Å². The van der Waals surface area contributed by atoms with E-state index in [0.29, 0.717) is 10.6 Å². The van der Waals surface area contributed by atoms with E-state index in [2.05, 4.69) is 5.32 Å². The van der Waals surface area contributed by atoms with Crippen LogP contribution >= 0.6 is 23.2 Å². The Balaban J connectivity index is 2.03. The standard InChI is InChI=1S/C14H18Cl2FN/c1-9(18-8-10-4-2-3-5-10)13-11(15)6-7-12(17)14(13)16/h6-7,9-10,18H,2-5,8H2,1H3. The second kappa shape index (κ2) is 6.23. The Labute approximate surface area is 118 Å². The molecule has 1 aromatic carbocycles. The molecule has 18 heavy (non-hydrogen) atoms. The van der Waals surface area contributed by atoms with Crippen LogP contribution in [0.5, 0.6) is 0 Å². The molecule has 1 saturated carbocycles. The first-order chi connectivity index (χ1) is 8.59. The van der Waals surface area contributed by atoms with Crippen molar-refractivity contribution in [2.45, 2.75) is 38.6 Å². The van der Waals surface area contributed by atoms with Crippen molar-refractivity contribution < 1.29 is 4.39 Å². The molecule has 1 aliphatic rings. The second-order valence-corrected chi connectivity index (χ2v) is 5.82. The summed E-state index contributed by atoms with van der Waals surface area (Å²) in [4.78, 5) is 0. The van der Waals surface area contributed by atoms with Crippen LogP contribution in [0.15, 0.2) is 12.1 Å². The van der Waals surface area contributed by atoms with Gasteiger partial charge in [0, 0.05) is 16.6 Å². The smallest absolute Gasteiger partial charge is 0.142 e. The Kier molecular flexibility index (Phi) is 4.88. The maximum atomic E-state index is 13.4. The first kappa shape index (κ1) is 14.1. The Morgan fingerprint density at radius 2 is 2.00 bits per heavy atom. The molecule has 1 aromatic rings. The van der Waals surface area contributed by atoms with Crippen molar-refractivity contribution in [3.8, 4) is 0 Å². The maximum Gasteiger partial charge on any atom is 0.142 e. The maximum absolute atomic E-state index is 13.4. The van der Waals surface area contributed by atoms with E-state index in [9.17, 15) is 4.39 Å². The van der Waals surface area contributed by atoms with Gasteiger partial charge in [-0.3, -0.25) is 0 Å². The van der Waals surface area contributed by atoms with Crippen LogP contribution in [0.1, 0.15) is 44.2 Å². The fourth-order valence-electron chi connectivity index (χ4n) is 2.60. The molecule has 1 unspecified atom stereocenters. The summed E-state index contributed by atoms with van der Waals surface area (Å²) in [6.45, 7) is 2.92. The molecule has 1 atom stereocenters. The number of nitrogens with one attached hydrogen (secondary N) is 1. The van der Waals surface area contributed by atoms with Gasteiger partial charge in [-0.1, -0.05) is 36.0 Å². The minimum Gasteiger partial charge on any atom is -0.310 e. The summed E-state index contributed by atoms with van der Waals surface area (Å²) in [5, 5.41) is 4.07. The van der Waals surface area contributed by atoms with Gasteiger partial charge in [0.15, 0.2) is 0 Å². The average molecular weight is 290 g/mol. The topological polar surface area (TPSA) is 12.0 Å². The normalized spacial score (nSPS) is 18.2. The summed E-state index contributed by atoms with van der Waals surface area (Å²) in [5.41, 5.74) is 0.663. The SMILES string of the molecule is CC(NCC1CCCC1)c1c(Cl)ccc(F)c1Cl. The third kappa shape index (κ3) is 3.17. The summed E-state index contributed by atoms with van der Waals surface area (Å²) in [6, 6.07) is 2.84. The molecule has 0 amide bonds. The summed E-state index contributed by atoms with van der Waals surface area (Å²) in [5.74, 6) is 0.323. The van der Waals surface area contributed by atoms with Crippen molar-refractivity contribution in [1.82, 2.24) is 5.32 Å². The molecule has 0 saturated heterocycles. The minimum absolute atomic E-state index is 0.0266. The number of rotatable bonds is 4. The van der Waals surface area contributed by atoms with Crippen molar-refractivity contribution in [3.63, 3.8) is 0 Å². The van der Waals surface area contributed by atoms with Crippen LogP contribution < -0.4 is 5.32 Å². The molecule has 1 nitrogen and oxygen atoms in total. The second-order valence-electron chi connectivity index (χ2n) is 5.04. The van der Waals surface area contributed by atoms with Gasteiger partial charge < -0.3 is 5.32 Å². The van der Waals surface area contributed by atoms with Gasteiger partial charge in [0.05, 0.1) is 5.02 Å². The highest BCUT2D eigenvalue weighted by atomic mass is 35.5. The first-order valence-electron chi connectivity index (χ1n) is 6.46. The van der Waals surface area contributed by atoms with E-state index in [-0.39, 0.29) is 11.1 Å². The fourth-order valence-corrected chi connectivity index (χ4v) is 3.30. The highest BCUT2D eigenvalue weighted by Crippen LogP contribution is 2.33. The quantitative estimate of drug-likeness (QED) is 0.772. The lowest BCUT2D eigenvalue weighted by molar-refractivity contribution is 0.452. The first-order valence-corrected chi connectivity index (χ1v) is 7.22. The molecular weight excluding hydrogens is 272 g/mol. The van der Waals surface area contributed by atoms with Crippen molar-refractivity contribution >= 4 is 23.2 Å². The van der Waals surface area contributed by atoms with E-state index >= 15 is 0 Å². The predicted molar refractivity (Wildman–Crippen MR) is 74.8 cm³/mol. The van der Waals surface area contributed by atoms with Gasteiger partial charge >= 0.3 is 0 Å². The Bertz CT molecular complexity index is 417. The van der Waals surface area contributed by atoms with Crippen molar-refractivity contribution in [3.05, 3.63) is 33.6 Å². The van der Waals surface area contributed by atoms with Gasteiger partial charge in [-0.25, -0.2) is 4.39 Å². The van der Waals surface area contributed by atoms with E-state index < -0.39 is 5.82 Å². The lowest BCUT2D eigenvalue weighted by Gasteiger charge is -2.19. The Hall–Kier alpha value is -0.310. The summed E-state index contributed by atoms with van der Waals surface area (Å²) < 4.78 is 13.4. The van der Waals surface area contributed by atoms with Crippen LogP contribution in [-0.2, 0) is 0 Å². The molecule has 100 valence electrons. The zero-order valence-electron chi connectivity index (χ0n) is 10.5. The highest BCUT2D eigenvalue weighted by molar-refractivity contribution is 6.36. The molecule has 0 heterocycles. The largest absolute Gasteiger partial charge is 0.310 e. The van der Waals surface area contributed by atoms with Gasteiger partial charge in [0.2, 0.25) is 0 Å². The highest BCUT2D eigenvalue weighted by Gasteiger charge is 2.19. The van der Waals surface area contributed by atoms with Crippen LogP contribution in [0.2, 0.25) is 10.0 Å². The van der Waals surface area contributed by atoms with Gasteiger partial charge in [0.25, 0.3) is 0 Å². The number of benzene rings is 1. The molecular formula is C14H18Cl2FN. The summed E-state index contributed by atoms with van der Waals surface area (Å²) in [6.07, 6.45) is 5.21. The van der Waals surface area contributed by atoms with E-state index in [1.165, 1.54) is 31.7 Å². The number of hydrogen-bond acceptors (Lipinski definition) is 1. The molecule has 2 rings (SSSR count). The van der Waals surface area contributed by atoms with Gasteiger partial charge in [-0.15, -0.1) is 0 Å². The van der Waals surface area contributed by atoms with Crippen molar-refractivity contribution in [2.75, 3.05) is 6.54 Å². The molecule has 1 fully saturated rings. The van der Waals surface area contributed by atoms with Gasteiger partial charge in [0.1, 0.15) is 5.82 Å². The molecule has 0 radical (unpaired) electrons. The number of halogens is 3. The molecule has 0 spiro atoms. The Morgan fingerprint density at radius 1 is 1.33 bits per heavy atom. The molecule has 1 aliphatic carbocycles. The summed E-state index contributed by atoms with van der Waals surface area (Å²) in [7, 11) is 0. The molecule has 0 aliphatic heterocycles. The van der Waals surface area contributed by atoms with Crippen LogP contribution in [0.25, 0.3) is 0 Å². The lowest BCUT2D eigenvalue weighted by Crippen LogP contribution is -2.25.